The molecule has 0 amide bonds. The number of fused-ring (bicyclic) bond motifs is 1. The van der Waals surface area contributed by atoms with Gasteiger partial charge >= 0.3 is 0 Å². The average Bonchev–Trinajstić information content (AvgIpc) is 2.62. The third-order valence-electron chi connectivity index (χ3n) is 4.97. The second kappa shape index (κ2) is 8.57. The average molecular weight is 442 g/mol. The standard InChI is InChI=1S/C19H28ClN5O3S/c1-12(2)11-29(27,28)24-7-5-15(6-8-24)22-19-21-10-14-9-16(20)18(26)25(13(3)4)17(14)23-19/h9-10,12-13,15H,5-8,11H2,1-4H3,(H,21,22,23). The zero-order chi connectivity index (χ0) is 21.3. The fourth-order valence-corrected chi connectivity index (χ4v) is 5.65. The van der Waals surface area contributed by atoms with Crippen molar-refractivity contribution in [3.05, 3.63) is 27.6 Å². The number of hydrogen-bond donors (Lipinski definition) is 1. The second-order valence-electron chi connectivity index (χ2n) is 8.22. The van der Waals surface area contributed by atoms with Crippen LogP contribution in [0.15, 0.2) is 17.1 Å². The molecule has 1 fully saturated rings. The zero-order valence-electron chi connectivity index (χ0n) is 17.2. The van der Waals surface area contributed by atoms with Crippen molar-refractivity contribution in [2.75, 3.05) is 24.2 Å². The molecule has 1 aliphatic rings. The van der Waals surface area contributed by atoms with Crippen LogP contribution in [0.2, 0.25) is 5.02 Å². The first-order valence-electron chi connectivity index (χ1n) is 9.90. The summed E-state index contributed by atoms with van der Waals surface area (Å²) in [6.45, 7) is 8.58. The minimum Gasteiger partial charge on any atom is -0.351 e. The maximum Gasteiger partial charge on any atom is 0.271 e. The number of aromatic nitrogens is 3. The fourth-order valence-electron chi connectivity index (χ4n) is 3.62. The van der Waals surface area contributed by atoms with Crippen molar-refractivity contribution in [1.29, 1.82) is 0 Å². The first kappa shape index (κ1) is 22.0. The Bertz CT molecular complexity index is 1040. The first-order valence-corrected chi connectivity index (χ1v) is 11.9. The highest BCUT2D eigenvalue weighted by molar-refractivity contribution is 7.89. The number of hydrogen-bond acceptors (Lipinski definition) is 6. The van der Waals surface area contributed by atoms with E-state index < -0.39 is 10.0 Å². The lowest BCUT2D eigenvalue weighted by molar-refractivity contribution is 0.327. The van der Waals surface area contributed by atoms with E-state index in [9.17, 15) is 13.2 Å². The molecule has 0 saturated carbocycles. The van der Waals surface area contributed by atoms with Crippen LogP contribution in [0.25, 0.3) is 11.0 Å². The van der Waals surface area contributed by atoms with Crippen LogP contribution < -0.4 is 10.9 Å². The van der Waals surface area contributed by atoms with Gasteiger partial charge in [-0.25, -0.2) is 17.7 Å². The molecule has 0 bridgehead atoms. The van der Waals surface area contributed by atoms with Crippen molar-refractivity contribution >= 4 is 38.6 Å². The Hall–Kier alpha value is -1.71. The first-order chi connectivity index (χ1) is 13.6. The van der Waals surface area contributed by atoms with E-state index in [1.54, 1.807) is 21.1 Å². The summed E-state index contributed by atoms with van der Waals surface area (Å²) in [4.78, 5) is 21.3. The van der Waals surface area contributed by atoms with Crippen molar-refractivity contribution in [3.63, 3.8) is 0 Å². The summed E-state index contributed by atoms with van der Waals surface area (Å²) in [5, 5.41) is 4.14. The largest absolute Gasteiger partial charge is 0.351 e. The van der Waals surface area contributed by atoms with Crippen LogP contribution >= 0.6 is 11.6 Å². The maximum absolute atomic E-state index is 12.4. The van der Waals surface area contributed by atoms with Gasteiger partial charge in [0.25, 0.3) is 5.56 Å². The quantitative estimate of drug-likeness (QED) is 0.740. The highest BCUT2D eigenvalue weighted by Gasteiger charge is 2.28. The van der Waals surface area contributed by atoms with E-state index >= 15 is 0 Å². The molecule has 160 valence electrons. The maximum atomic E-state index is 12.4. The van der Waals surface area contributed by atoms with E-state index in [0.717, 1.165) is 0 Å². The van der Waals surface area contributed by atoms with Gasteiger partial charge in [-0.3, -0.25) is 9.36 Å². The Morgan fingerprint density at radius 3 is 2.48 bits per heavy atom. The van der Waals surface area contributed by atoms with Crippen LogP contribution in [-0.4, -0.2) is 52.1 Å². The lowest BCUT2D eigenvalue weighted by atomic mass is 10.1. The van der Waals surface area contributed by atoms with Crippen molar-refractivity contribution in [2.24, 2.45) is 5.92 Å². The van der Waals surface area contributed by atoms with Gasteiger partial charge in [-0.05, 0) is 38.7 Å². The molecule has 0 radical (unpaired) electrons. The van der Waals surface area contributed by atoms with E-state index in [0.29, 0.717) is 42.9 Å². The molecule has 0 aromatic carbocycles. The Labute approximate surface area is 176 Å². The third kappa shape index (κ3) is 4.90. The summed E-state index contributed by atoms with van der Waals surface area (Å²) in [6.07, 6.45) is 3.00. The smallest absolute Gasteiger partial charge is 0.271 e. The van der Waals surface area contributed by atoms with Crippen LogP contribution in [-0.2, 0) is 10.0 Å². The van der Waals surface area contributed by atoms with E-state index in [1.165, 1.54) is 0 Å². The van der Waals surface area contributed by atoms with Gasteiger partial charge in [-0.1, -0.05) is 25.4 Å². The molecule has 3 heterocycles. The van der Waals surface area contributed by atoms with Gasteiger partial charge in [0, 0.05) is 36.8 Å². The Morgan fingerprint density at radius 2 is 1.90 bits per heavy atom. The van der Waals surface area contributed by atoms with Gasteiger partial charge in [0.2, 0.25) is 16.0 Å². The Morgan fingerprint density at radius 1 is 1.24 bits per heavy atom. The monoisotopic (exact) mass is 441 g/mol. The molecule has 0 spiro atoms. The van der Waals surface area contributed by atoms with Crippen molar-refractivity contribution in [1.82, 2.24) is 18.8 Å². The van der Waals surface area contributed by atoms with Crippen LogP contribution in [0.4, 0.5) is 5.95 Å². The molecule has 29 heavy (non-hydrogen) atoms. The van der Waals surface area contributed by atoms with E-state index in [2.05, 4.69) is 15.3 Å². The summed E-state index contributed by atoms with van der Waals surface area (Å²) in [7, 11) is -3.21. The number of anilines is 1. The van der Waals surface area contributed by atoms with Crippen molar-refractivity contribution in [2.45, 2.75) is 52.6 Å². The van der Waals surface area contributed by atoms with E-state index in [-0.39, 0.29) is 34.3 Å². The molecule has 0 aliphatic carbocycles. The molecule has 0 unspecified atom stereocenters. The lowest BCUT2D eigenvalue weighted by Crippen LogP contribution is -2.44. The molecular weight excluding hydrogens is 414 g/mol. The molecule has 1 saturated heterocycles. The van der Waals surface area contributed by atoms with Crippen LogP contribution in [0.3, 0.4) is 0 Å². The minimum atomic E-state index is -3.21. The van der Waals surface area contributed by atoms with E-state index in [4.69, 9.17) is 11.6 Å². The lowest BCUT2D eigenvalue weighted by Gasteiger charge is -2.32. The molecule has 2 aromatic heterocycles. The van der Waals surface area contributed by atoms with Gasteiger partial charge in [-0.15, -0.1) is 0 Å². The van der Waals surface area contributed by atoms with Crippen molar-refractivity contribution in [3.8, 4) is 0 Å². The number of halogens is 1. The summed E-state index contributed by atoms with van der Waals surface area (Å²) in [5.74, 6) is 0.708. The molecule has 10 heteroatoms. The van der Waals surface area contributed by atoms with E-state index in [1.807, 2.05) is 27.7 Å². The highest BCUT2D eigenvalue weighted by Crippen LogP contribution is 2.21. The molecule has 3 rings (SSSR count). The predicted octanol–water partition coefficient (Wildman–Crippen LogP) is 2.89. The number of rotatable bonds is 6. The number of sulfonamides is 1. The third-order valence-corrected chi connectivity index (χ3v) is 7.48. The Balaban J connectivity index is 1.76. The van der Waals surface area contributed by atoms with Gasteiger partial charge < -0.3 is 5.32 Å². The fraction of sp³-hybridized carbons (Fsp3) is 0.632. The molecule has 8 nitrogen and oxygen atoms in total. The SMILES string of the molecule is CC(C)CS(=O)(=O)N1CCC(Nc2ncc3cc(Cl)c(=O)n(C(C)C)c3n2)CC1. The molecule has 1 N–H and O–H groups in total. The number of nitrogens with one attached hydrogen (secondary N) is 1. The normalized spacial score (nSPS) is 16.8. The van der Waals surface area contributed by atoms with Crippen LogP contribution in [0.1, 0.15) is 46.6 Å². The van der Waals surface area contributed by atoms with Gasteiger partial charge in [-0.2, -0.15) is 4.98 Å². The topological polar surface area (TPSA) is 97.2 Å². The highest BCUT2D eigenvalue weighted by atomic mass is 35.5. The number of piperidine rings is 1. The molecular formula is C19H28ClN5O3S. The Kier molecular flexibility index (Phi) is 6.50. The zero-order valence-corrected chi connectivity index (χ0v) is 18.8. The van der Waals surface area contributed by atoms with Gasteiger partial charge in [0.05, 0.1) is 5.75 Å². The second-order valence-corrected chi connectivity index (χ2v) is 10.6. The van der Waals surface area contributed by atoms with Gasteiger partial charge in [0.1, 0.15) is 10.7 Å². The van der Waals surface area contributed by atoms with Gasteiger partial charge in [0.15, 0.2) is 0 Å². The summed E-state index contributed by atoms with van der Waals surface area (Å²) in [5.41, 5.74) is 0.256. The van der Waals surface area contributed by atoms with Crippen LogP contribution in [0, 0.1) is 5.92 Å². The predicted molar refractivity (Wildman–Crippen MR) is 116 cm³/mol. The summed E-state index contributed by atoms with van der Waals surface area (Å²) in [6, 6.07) is 1.56. The molecule has 2 aromatic rings. The molecule has 1 aliphatic heterocycles. The summed E-state index contributed by atoms with van der Waals surface area (Å²) < 4.78 is 27.9. The molecule has 0 atom stereocenters. The minimum absolute atomic E-state index is 0.0736. The van der Waals surface area contributed by atoms with Crippen molar-refractivity contribution < 1.29 is 8.42 Å². The van der Waals surface area contributed by atoms with Crippen LogP contribution in [0.5, 0.6) is 0 Å². The number of nitrogens with zero attached hydrogens (tertiary/aromatic N) is 4. The number of pyridine rings is 1. The summed E-state index contributed by atoms with van der Waals surface area (Å²) >= 11 is 6.06.